The number of hydrogen-bond acceptors (Lipinski definition) is 3. The maximum atomic E-state index is 5.63. The van der Waals surface area contributed by atoms with E-state index in [2.05, 4.69) is 31.3 Å². The van der Waals surface area contributed by atoms with Crippen molar-refractivity contribution in [3.8, 4) is 5.75 Å². The first-order valence-electron chi connectivity index (χ1n) is 6.55. The van der Waals surface area contributed by atoms with Crippen molar-refractivity contribution in [1.29, 1.82) is 0 Å². The van der Waals surface area contributed by atoms with E-state index in [0.717, 1.165) is 31.9 Å². The molecule has 0 amide bonds. The predicted molar refractivity (Wildman–Crippen MR) is 75.3 cm³/mol. The highest BCUT2D eigenvalue weighted by atomic mass is 16.5. The minimum atomic E-state index is -0.0886. The molecule has 1 aromatic carbocycles. The van der Waals surface area contributed by atoms with Crippen LogP contribution in [-0.4, -0.2) is 32.4 Å². The van der Waals surface area contributed by atoms with E-state index in [1.54, 1.807) is 7.11 Å². The topological polar surface area (TPSA) is 30.5 Å². The smallest absolute Gasteiger partial charge is 0.118 e. The highest BCUT2D eigenvalue weighted by Gasteiger charge is 2.16. The summed E-state index contributed by atoms with van der Waals surface area (Å²) < 4.78 is 10.8. The molecule has 0 aliphatic heterocycles. The minimum Gasteiger partial charge on any atom is -0.497 e. The Morgan fingerprint density at radius 1 is 1.17 bits per heavy atom. The van der Waals surface area contributed by atoms with Crippen molar-refractivity contribution in [2.75, 3.05) is 26.8 Å². The quantitative estimate of drug-likeness (QED) is 0.721. The van der Waals surface area contributed by atoms with Gasteiger partial charge >= 0.3 is 0 Å². The van der Waals surface area contributed by atoms with Gasteiger partial charge in [0.15, 0.2) is 0 Å². The second-order valence-corrected chi connectivity index (χ2v) is 4.97. The van der Waals surface area contributed by atoms with Gasteiger partial charge in [0.25, 0.3) is 0 Å². The third-order valence-electron chi connectivity index (χ3n) is 2.84. The van der Waals surface area contributed by atoms with Gasteiger partial charge in [-0.2, -0.15) is 0 Å². The van der Waals surface area contributed by atoms with E-state index in [1.165, 1.54) is 5.56 Å². The lowest BCUT2D eigenvalue weighted by Crippen LogP contribution is -2.38. The molecule has 1 rings (SSSR count). The highest BCUT2D eigenvalue weighted by molar-refractivity contribution is 5.27. The zero-order valence-corrected chi connectivity index (χ0v) is 12.0. The van der Waals surface area contributed by atoms with Crippen molar-refractivity contribution in [2.24, 2.45) is 0 Å². The fourth-order valence-corrected chi connectivity index (χ4v) is 1.86. The molecule has 0 spiro atoms. The number of nitrogens with one attached hydrogen (secondary N) is 1. The van der Waals surface area contributed by atoms with Gasteiger partial charge in [0.05, 0.1) is 12.7 Å². The van der Waals surface area contributed by atoms with Crippen molar-refractivity contribution < 1.29 is 9.47 Å². The fraction of sp³-hybridized carbons (Fsp3) is 0.600. The van der Waals surface area contributed by atoms with Gasteiger partial charge in [-0.25, -0.2) is 0 Å². The van der Waals surface area contributed by atoms with Gasteiger partial charge in [-0.15, -0.1) is 0 Å². The summed E-state index contributed by atoms with van der Waals surface area (Å²) in [5.41, 5.74) is 1.23. The third kappa shape index (κ3) is 5.52. The van der Waals surface area contributed by atoms with E-state index in [4.69, 9.17) is 9.47 Å². The summed E-state index contributed by atoms with van der Waals surface area (Å²) in [6.45, 7) is 8.83. The Hall–Kier alpha value is -1.06. The monoisotopic (exact) mass is 251 g/mol. The van der Waals surface area contributed by atoms with Crippen LogP contribution in [0.15, 0.2) is 24.3 Å². The average molecular weight is 251 g/mol. The molecule has 0 saturated carbocycles. The van der Waals surface area contributed by atoms with E-state index >= 15 is 0 Å². The van der Waals surface area contributed by atoms with Crippen LogP contribution in [0.1, 0.15) is 26.3 Å². The molecular formula is C15H25NO2. The minimum absolute atomic E-state index is 0.0886. The van der Waals surface area contributed by atoms with Gasteiger partial charge in [0, 0.05) is 13.2 Å². The third-order valence-corrected chi connectivity index (χ3v) is 2.84. The molecule has 0 aromatic heterocycles. The van der Waals surface area contributed by atoms with Gasteiger partial charge in [-0.3, -0.25) is 0 Å². The Bertz CT molecular complexity index is 333. The molecule has 102 valence electrons. The average Bonchev–Trinajstić information content (AvgIpc) is 2.35. The van der Waals surface area contributed by atoms with E-state index in [-0.39, 0.29) is 5.60 Å². The molecule has 3 heteroatoms. The molecule has 0 bridgehead atoms. The molecule has 0 saturated heterocycles. The summed E-state index contributed by atoms with van der Waals surface area (Å²) >= 11 is 0. The molecule has 0 unspecified atom stereocenters. The molecule has 0 aliphatic rings. The zero-order valence-electron chi connectivity index (χ0n) is 12.0. The standard InChI is InChI=1S/C15H25NO2/c1-5-18-15(2,3)12-16-11-10-13-6-8-14(17-4)9-7-13/h6-9,16H,5,10-12H2,1-4H3. The molecule has 0 fully saturated rings. The van der Waals surface area contributed by atoms with Crippen LogP contribution < -0.4 is 10.1 Å². The van der Waals surface area contributed by atoms with Crippen LogP contribution in [0.5, 0.6) is 5.75 Å². The predicted octanol–water partition coefficient (Wildman–Crippen LogP) is 2.64. The Balaban J connectivity index is 2.25. The number of ether oxygens (including phenoxy) is 2. The van der Waals surface area contributed by atoms with Crippen LogP contribution in [0, 0.1) is 0 Å². The summed E-state index contributed by atoms with van der Waals surface area (Å²) in [4.78, 5) is 0. The van der Waals surface area contributed by atoms with Crippen LogP contribution >= 0.6 is 0 Å². The van der Waals surface area contributed by atoms with Gasteiger partial charge in [0.2, 0.25) is 0 Å². The van der Waals surface area contributed by atoms with Crippen LogP contribution in [-0.2, 0) is 11.2 Å². The van der Waals surface area contributed by atoms with Crippen molar-refractivity contribution in [3.63, 3.8) is 0 Å². The Morgan fingerprint density at radius 2 is 1.83 bits per heavy atom. The molecule has 0 atom stereocenters. The lowest BCUT2D eigenvalue weighted by Gasteiger charge is -2.25. The van der Waals surface area contributed by atoms with Gasteiger partial charge in [0.1, 0.15) is 5.75 Å². The number of hydrogen-bond donors (Lipinski definition) is 1. The molecule has 0 radical (unpaired) electrons. The van der Waals surface area contributed by atoms with E-state index in [1.807, 2.05) is 19.1 Å². The summed E-state index contributed by atoms with van der Waals surface area (Å²) in [7, 11) is 1.69. The summed E-state index contributed by atoms with van der Waals surface area (Å²) in [5, 5.41) is 3.43. The first-order valence-corrected chi connectivity index (χ1v) is 6.55. The molecule has 0 aliphatic carbocycles. The molecular weight excluding hydrogens is 226 g/mol. The van der Waals surface area contributed by atoms with Crippen molar-refractivity contribution in [1.82, 2.24) is 5.32 Å². The van der Waals surface area contributed by atoms with Gasteiger partial charge in [-0.1, -0.05) is 12.1 Å². The molecule has 0 heterocycles. The highest BCUT2D eigenvalue weighted by Crippen LogP contribution is 2.11. The normalized spacial score (nSPS) is 11.6. The number of rotatable bonds is 8. The van der Waals surface area contributed by atoms with Crippen LogP contribution in [0.25, 0.3) is 0 Å². The summed E-state index contributed by atoms with van der Waals surface area (Å²) in [6, 6.07) is 8.21. The van der Waals surface area contributed by atoms with Gasteiger partial charge in [-0.05, 0) is 51.4 Å². The van der Waals surface area contributed by atoms with Gasteiger partial charge < -0.3 is 14.8 Å². The zero-order chi connectivity index (χ0) is 13.4. The largest absolute Gasteiger partial charge is 0.497 e. The molecule has 18 heavy (non-hydrogen) atoms. The van der Waals surface area contributed by atoms with E-state index < -0.39 is 0 Å². The van der Waals surface area contributed by atoms with Crippen LogP contribution in [0.4, 0.5) is 0 Å². The van der Waals surface area contributed by atoms with Crippen molar-refractivity contribution in [2.45, 2.75) is 32.8 Å². The van der Waals surface area contributed by atoms with Crippen LogP contribution in [0.3, 0.4) is 0 Å². The molecule has 1 aromatic rings. The van der Waals surface area contributed by atoms with E-state index in [9.17, 15) is 0 Å². The summed E-state index contributed by atoms with van der Waals surface area (Å²) in [6.07, 6.45) is 1.02. The van der Waals surface area contributed by atoms with Crippen LogP contribution in [0.2, 0.25) is 0 Å². The maximum Gasteiger partial charge on any atom is 0.118 e. The number of benzene rings is 1. The summed E-state index contributed by atoms with van der Waals surface area (Å²) in [5.74, 6) is 0.907. The molecule has 1 N–H and O–H groups in total. The Kier molecular flexibility index (Phi) is 6.16. The number of methoxy groups -OCH3 is 1. The fourth-order valence-electron chi connectivity index (χ4n) is 1.86. The first-order chi connectivity index (χ1) is 8.57. The van der Waals surface area contributed by atoms with Crippen molar-refractivity contribution >= 4 is 0 Å². The molecule has 3 nitrogen and oxygen atoms in total. The Labute approximate surface area is 110 Å². The van der Waals surface area contributed by atoms with Crippen molar-refractivity contribution in [3.05, 3.63) is 29.8 Å². The Morgan fingerprint density at radius 3 is 2.39 bits per heavy atom. The SMILES string of the molecule is CCOC(C)(C)CNCCc1ccc(OC)cc1. The second kappa shape index (κ2) is 7.39. The second-order valence-electron chi connectivity index (χ2n) is 4.97. The first kappa shape index (κ1) is 15.0. The lowest BCUT2D eigenvalue weighted by atomic mass is 10.1. The lowest BCUT2D eigenvalue weighted by molar-refractivity contribution is -0.00857. The maximum absolute atomic E-state index is 5.63. The van der Waals surface area contributed by atoms with E-state index in [0.29, 0.717) is 0 Å².